The van der Waals surface area contributed by atoms with Crippen molar-refractivity contribution in [2.24, 2.45) is 11.3 Å². The first-order chi connectivity index (χ1) is 18.9. The summed E-state index contributed by atoms with van der Waals surface area (Å²) in [4.78, 5) is 12.6. The van der Waals surface area contributed by atoms with Crippen molar-refractivity contribution in [3.05, 3.63) is 72.3 Å². The Kier molecular flexibility index (Phi) is 10.6. The maximum absolute atomic E-state index is 12.6. The molecular formula is C35H53BrO3Si2. The van der Waals surface area contributed by atoms with Crippen LogP contribution in [0.1, 0.15) is 74.7 Å². The van der Waals surface area contributed by atoms with Gasteiger partial charge in [0.1, 0.15) is 6.29 Å². The molecular weight excluding hydrogens is 604 g/mol. The monoisotopic (exact) mass is 656 g/mol. The van der Waals surface area contributed by atoms with Crippen LogP contribution in [-0.4, -0.2) is 40.5 Å². The van der Waals surface area contributed by atoms with Gasteiger partial charge in [-0.1, -0.05) is 138 Å². The average molecular weight is 658 g/mol. The second kappa shape index (κ2) is 12.7. The molecule has 3 rings (SSSR count). The number of benzene rings is 2. The van der Waals surface area contributed by atoms with Gasteiger partial charge >= 0.3 is 0 Å². The first-order valence-corrected chi connectivity index (χ1v) is 20.8. The third kappa shape index (κ3) is 7.09. The molecule has 0 radical (unpaired) electrons. The molecule has 0 unspecified atom stereocenters. The summed E-state index contributed by atoms with van der Waals surface area (Å²) in [6.45, 7) is 24.2. The lowest BCUT2D eigenvalue weighted by Crippen LogP contribution is -2.66. The van der Waals surface area contributed by atoms with E-state index >= 15 is 0 Å². The van der Waals surface area contributed by atoms with Gasteiger partial charge in [0, 0.05) is 12.0 Å². The third-order valence-corrected chi connectivity index (χ3v) is 20.8. The lowest BCUT2D eigenvalue weighted by atomic mass is 9.65. The summed E-state index contributed by atoms with van der Waals surface area (Å²) in [5.41, 5.74) is 0.963. The largest absolute Gasteiger partial charge is 0.417 e. The predicted octanol–water partition coefficient (Wildman–Crippen LogP) is 8.67. The van der Waals surface area contributed by atoms with Crippen LogP contribution >= 0.6 is 15.9 Å². The minimum atomic E-state index is -2.66. The molecule has 0 heterocycles. The van der Waals surface area contributed by atoms with Crippen molar-refractivity contribution in [3.63, 3.8) is 0 Å². The SMILES string of the molecule is C[C@@H]1C[C@](Br)(C=O)[C@@](C)(CCCO[Si](C)(C)C(C)(C)C)C=C1CO[Si](c1ccccc1)(c1ccccc1)C(C)(C)C. The summed E-state index contributed by atoms with van der Waals surface area (Å²) in [6, 6.07) is 21.6. The number of hydrogen-bond acceptors (Lipinski definition) is 3. The number of halogens is 1. The van der Waals surface area contributed by atoms with Gasteiger partial charge in [-0.3, -0.25) is 0 Å². The van der Waals surface area contributed by atoms with Crippen LogP contribution in [0.15, 0.2) is 72.3 Å². The Balaban J connectivity index is 1.95. The molecule has 0 amide bonds. The molecule has 2 aromatic rings. The molecule has 0 aromatic heterocycles. The Bertz CT molecular complexity index is 1140. The van der Waals surface area contributed by atoms with Crippen LogP contribution in [0, 0.1) is 11.3 Å². The maximum atomic E-state index is 12.6. The third-order valence-electron chi connectivity index (χ3n) is 9.86. The summed E-state index contributed by atoms with van der Waals surface area (Å²) in [7, 11) is -4.47. The number of allylic oxidation sites excluding steroid dienone is 1. The minimum Gasteiger partial charge on any atom is -0.417 e. The minimum absolute atomic E-state index is 0.0828. The number of rotatable bonds is 11. The number of carbonyl (C=O) groups excluding carboxylic acids is 1. The van der Waals surface area contributed by atoms with Crippen molar-refractivity contribution in [1.29, 1.82) is 0 Å². The van der Waals surface area contributed by atoms with Crippen LogP contribution in [0.2, 0.25) is 23.2 Å². The highest BCUT2D eigenvalue weighted by molar-refractivity contribution is 9.10. The van der Waals surface area contributed by atoms with E-state index in [9.17, 15) is 4.79 Å². The molecule has 3 nitrogen and oxygen atoms in total. The fraction of sp³-hybridized carbons (Fsp3) is 0.571. The molecule has 0 aliphatic heterocycles. The summed E-state index contributed by atoms with van der Waals surface area (Å²) in [6.07, 6.45) is 6.05. The van der Waals surface area contributed by atoms with Crippen molar-refractivity contribution in [3.8, 4) is 0 Å². The van der Waals surface area contributed by atoms with Crippen LogP contribution in [0.5, 0.6) is 0 Å². The zero-order chi connectivity index (χ0) is 30.7. The van der Waals surface area contributed by atoms with Crippen LogP contribution < -0.4 is 10.4 Å². The molecule has 3 atom stereocenters. The zero-order valence-corrected chi connectivity index (χ0v) is 30.7. The Morgan fingerprint density at radius 3 is 1.85 bits per heavy atom. The second-order valence-electron chi connectivity index (χ2n) is 14.9. The number of aldehydes is 1. The molecule has 0 saturated carbocycles. The molecule has 41 heavy (non-hydrogen) atoms. The first kappa shape index (κ1) is 34.2. The van der Waals surface area contributed by atoms with E-state index in [0.29, 0.717) is 6.61 Å². The molecule has 2 aromatic carbocycles. The smallest absolute Gasteiger partial charge is 0.261 e. The fourth-order valence-corrected chi connectivity index (χ4v) is 12.5. The highest BCUT2D eigenvalue weighted by Crippen LogP contribution is 2.52. The molecule has 0 fully saturated rings. The molecule has 0 N–H and O–H groups in total. The van der Waals surface area contributed by atoms with Crippen molar-refractivity contribution in [2.45, 2.75) is 102 Å². The van der Waals surface area contributed by atoms with E-state index in [-0.39, 0.29) is 21.4 Å². The van der Waals surface area contributed by atoms with Crippen molar-refractivity contribution in [1.82, 2.24) is 0 Å². The lowest BCUT2D eigenvalue weighted by Gasteiger charge is -2.47. The highest BCUT2D eigenvalue weighted by atomic mass is 79.9. The van der Waals surface area contributed by atoms with Crippen LogP contribution in [0.3, 0.4) is 0 Å². The number of carbonyl (C=O) groups is 1. The average Bonchev–Trinajstić information content (AvgIpc) is 2.90. The van der Waals surface area contributed by atoms with E-state index in [2.05, 4.69) is 151 Å². The van der Waals surface area contributed by atoms with Gasteiger partial charge in [0.15, 0.2) is 8.32 Å². The van der Waals surface area contributed by atoms with Crippen molar-refractivity contribution < 1.29 is 13.6 Å². The maximum Gasteiger partial charge on any atom is 0.261 e. The Morgan fingerprint density at radius 2 is 1.41 bits per heavy atom. The van der Waals surface area contributed by atoms with Gasteiger partial charge in [0.05, 0.1) is 10.9 Å². The Labute approximate surface area is 260 Å². The Hall–Kier alpha value is -1.32. The van der Waals surface area contributed by atoms with Gasteiger partial charge in [-0.15, -0.1) is 0 Å². The van der Waals surface area contributed by atoms with Gasteiger partial charge in [-0.25, -0.2) is 0 Å². The summed E-state index contributed by atoms with van der Waals surface area (Å²) >= 11 is 3.93. The molecule has 0 bridgehead atoms. The van der Waals surface area contributed by atoms with Gasteiger partial charge in [-0.05, 0) is 64.3 Å². The van der Waals surface area contributed by atoms with Crippen LogP contribution in [-0.2, 0) is 13.6 Å². The van der Waals surface area contributed by atoms with Gasteiger partial charge in [0.2, 0.25) is 0 Å². The quantitative estimate of drug-likeness (QED) is 0.0798. The molecule has 1 aliphatic carbocycles. The van der Waals surface area contributed by atoms with Crippen molar-refractivity contribution >= 4 is 49.2 Å². The molecule has 0 spiro atoms. The van der Waals surface area contributed by atoms with E-state index in [1.54, 1.807) is 0 Å². The van der Waals surface area contributed by atoms with E-state index in [1.807, 2.05) is 0 Å². The van der Waals surface area contributed by atoms with E-state index < -0.39 is 21.0 Å². The topological polar surface area (TPSA) is 35.5 Å². The first-order valence-electron chi connectivity index (χ1n) is 15.2. The standard InChI is InChI=1S/C35H53BrO3Si2/c1-28-24-35(36,27-37)34(8,22-17-23-38-40(9,10)32(2,3)4)25-29(28)26-39-41(33(5,6)7,30-18-13-11-14-19-30)31-20-15-12-16-21-31/h11-16,18-21,25,27-28H,17,22-24,26H2,1-10H3/t28-,34+,35+/m1/s1. The highest BCUT2D eigenvalue weighted by Gasteiger charge is 2.52. The van der Waals surface area contributed by atoms with Crippen LogP contribution in [0.4, 0.5) is 0 Å². The zero-order valence-electron chi connectivity index (χ0n) is 27.1. The van der Waals surface area contributed by atoms with Gasteiger partial charge in [-0.2, -0.15) is 0 Å². The molecule has 0 saturated heterocycles. The molecule has 1 aliphatic rings. The number of hydrogen-bond donors (Lipinski definition) is 0. The summed E-state index contributed by atoms with van der Waals surface area (Å²) < 4.78 is 13.2. The van der Waals surface area contributed by atoms with E-state index in [4.69, 9.17) is 8.85 Å². The Morgan fingerprint density at radius 1 is 0.902 bits per heavy atom. The van der Waals surface area contributed by atoms with E-state index in [1.165, 1.54) is 15.9 Å². The predicted molar refractivity (Wildman–Crippen MR) is 184 cm³/mol. The fourth-order valence-electron chi connectivity index (χ4n) is 6.06. The van der Waals surface area contributed by atoms with Gasteiger partial charge in [0.25, 0.3) is 8.32 Å². The van der Waals surface area contributed by atoms with E-state index in [0.717, 1.165) is 32.2 Å². The van der Waals surface area contributed by atoms with Gasteiger partial charge < -0.3 is 13.6 Å². The molecule has 226 valence electrons. The summed E-state index contributed by atoms with van der Waals surface area (Å²) in [5, 5.41) is 2.68. The number of alkyl halides is 1. The van der Waals surface area contributed by atoms with Crippen LogP contribution in [0.25, 0.3) is 0 Å². The second-order valence-corrected chi connectivity index (χ2v) is 25.4. The lowest BCUT2D eigenvalue weighted by molar-refractivity contribution is -0.112. The molecule has 6 heteroatoms. The summed E-state index contributed by atoms with van der Waals surface area (Å²) in [5.74, 6) is 0.231. The van der Waals surface area contributed by atoms with Crippen molar-refractivity contribution in [2.75, 3.05) is 13.2 Å². The normalized spacial score (nSPS) is 24.2.